The number of aromatic nitrogens is 2. The SMILES string of the molecule is COC(=O)c1cc(NS(=O)(=O)N2CCC(C)(C)CC2)nn1C. The van der Waals surface area contributed by atoms with Gasteiger partial charge in [-0.05, 0) is 18.3 Å². The highest BCUT2D eigenvalue weighted by Crippen LogP contribution is 2.31. The Hall–Kier alpha value is -1.61. The van der Waals surface area contributed by atoms with Crippen LogP contribution in [0.4, 0.5) is 5.82 Å². The van der Waals surface area contributed by atoms with Crippen molar-refractivity contribution < 1.29 is 17.9 Å². The number of nitrogens with zero attached hydrogens (tertiary/aromatic N) is 3. The van der Waals surface area contributed by atoms with Crippen molar-refractivity contribution in [1.82, 2.24) is 14.1 Å². The zero-order valence-electron chi connectivity index (χ0n) is 13.3. The molecule has 0 aliphatic carbocycles. The van der Waals surface area contributed by atoms with E-state index in [4.69, 9.17) is 0 Å². The summed E-state index contributed by atoms with van der Waals surface area (Å²) in [7, 11) is -0.859. The van der Waals surface area contributed by atoms with Gasteiger partial charge in [-0.1, -0.05) is 13.8 Å². The van der Waals surface area contributed by atoms with Crippen LogP contribution in [0.15, 0.2) is 6.07 Å². The maximum Gasteiger partial charge on any atom is 0.356 e. The van der Waals surface area contributed by atoms with Crippen molar-refractivity contribution in [2.24, 2.45) is 12.5 Å². The average molecular weight is 330 g/mol. The van der Waals surface area contributed by atoms with Gasteiger partial charge in [-0.25, -0.2) is 4.79 Å². The van der Waals surface area contributed by atoms with E-state index in [2.05, 4.69) is 28.4 Å². The van der Waals surface area contributed by atoms with E-state index >= 15 is 0 Å². The molecule has 0 amide bonds. The molecule has 1 aliphatic rings. The lowest BCUT2D eigenvalue weighted by Crippen LogP contribution is -2.43. The second-order valence-corrected chi connectivity index (χ2v) is 7.87. The number of anilines is 1. The molecule has 124 valence electrons. The van der Waals surface area contributed by atoms with E-state index in [0.29, 0.717) is 13.1 Å². The van der Waals surface area contributed by atoms with E-state index in [9.17, 15) is 13.2 Å². The Balaban J connectivity index is 2.11. The fraction of sp³-hybridized carbons (Fsp3) is 0.692. The number of esters is 1. The monoisotopic (exact) mass is 330 g/mol. The summed E-state index contributed by atoms with van der Waals surface area (Å²) in [6.45, 7) is 5.20. The summed E-state index contributed by atoms with van der Waals surface area (Å²) in [4.78, 5) is 11.5. The Morgan fingerprint density at radius 1 is 1.36 bits per heavy atom. The number of rotatable bonds is 4. The summed E-state index contributed by atoms with van der Waals surface area (Å²) in [5.74, 6) is -0.465. The molecule has 0 spiro atoms. The lowest BCUT2D eigenvalue weighted by atomic mass is 9.83. The smallest absolute Gasteiger partial charge is 0.356 e. The van der Waals surface area contributed by atoms with Crippen LogP contribution in [0.25, 0.3) is 0 Å². The first-order valence-corrected chi connectivity index (χ1v) is 8.49. The quantitative estimate of drug-likeness (QED) is 0.831. The largest absolute Gasteiger partial charge is 0.464 e. The van der Waals surface area contributed by atoms with E-state index in [1.165, 1.54) is 22.2 Å². The molecule has 0 bridgehead atoms. The molecule has 9 heteroatoms. The molecular weight excluding hydrogens is 308 g/mol. The third-order valence-corrected chi connectivity index (χ3v) is 5.44. The van der Waals surface area contributed by atoms with Crippen molar-refractivity contribution in [3.63, 3.8) is 0 Å². The number of ether oxygens (including phenoxy) is 1. The molecule has 0 radical (unpaired) electrons. The van der Waals surface area contributed by atoms with Crippen LogP contribution in [0, 0.1) is 5.41 Å². The van der Waals surface area contributed by atoms with Crippen LogP contribution < -0.4 is 4.72 Å². The van der Waals surface area contributed by atoms with Gasteiger partial charge in [0.25, 0.3) is 0 Å². The number of aryl methyl sites for hydroxylation is 1. The molecule has 1 aromatic heterocycles. The third-order valence-electron chi connectivity index (χ3n) is 3.92. The van der Waals surface area contributed by atoms with E-state index in [0.717, 1.165) is 12.8 Å². The molecule has 1 N–H and O–H groups in total. The van der Waals surface area contributed by atoms with E-state index in [1.807, 2.05) is 0 Å². The summed E-state index contributed by atoms with van der Waals surface area (Å²) in [6.07, 6.45) is 1.62. The highest BCUT2D eigenvalue weighted by Gasteiger charge is 2.32. The van der Waals surface area contributed by atoms with Crippen molar-refractivity contribution in [3.8, 4) is 0 Å². The summed E-state index contributed by atoms with van der Waals surface area (Å²) >= 11 is 0. The molecule has 2 rings (SSSR count). The first-order chi connectivity index (χ1) is 10.1. The standard InChI is InChI=1S/C13H22N4O4S/c1-13(2)5-7-17(8-6-13)22(19,20)15-11-9-10(12(18)21-4)16(3)14-11/h9H,5-8H2,1-4H3,(H,14,15). The molecule has 1 aromatic rings. The average Bonchev–Trinajstić information content (AvgIpc) is 2.77. The lowest BCUT2D eigenvalue weighted by molar-refractivity contribution is 0.0588. The molecule has 0 atom stereocenters. The van der Waals surface area contributed by atoms with Gasteiger partial charge in [-0.15, -0.1) is 0 Å². The molecule has 1 saturated heterocycles. The van der Waals surface area contributed by atoms with E-state index in [1.54, 1.807) is 7.05 Å². The van der Waals surface area contributed by atoms with Crippen molar-refractivity contribution in [2.45, 2.75) is 26.7 Å². The minimum atomic E-state index is -3.67. The lowest BCUT2D eigenvalue weighted by Gasteiger charge is -2.35. The Bertz CT molecular complexity index is 656. The van der Waals surface area contributed by atoms with Gasteiger partial charge in [0.2, 0.25) is 0 Å². The van der Waals surface area contributed by atoms with Crippen LogP contribution in [0.1, 0.15) is 37.2 Å². The van der Waals surface area contributed by atoms with E-state index in [-0.39, 0.29) is 16.9 Å². The Morgan fingerprint density at radius 3 is 2.50 bits per heavy atom. The Labute approximate surface area is 130 Å². The van der Waals surface area contributed by atoms with Crippen molar-refractivity contribution in [2.75, 3.05) is 24.9 Å². The predicted octanol–water partition coefficient (Wildman–Crippen LogP) is 0.985. The molecule has 0 unspecified atom stereocenters. The number of nitrogens with one attached hydrogen (secondary N) is 1. The van der Waals surface area contributed by atoms with Gasteiger partial charge in [0.05, 0.1) is 7.11 Å². The molecular formula is C13H22N4O4S. The van der Waals surface area contributed by atoms with Gasteiger partial charge in [0.1, 0.15) is 5.69 Å². The minimum Gasteiger partial charge on any atom is -0.464 e. The van der Waals surface area contributed by atoms with Crippen molar-refractivity contribution >= 4 is 22.0 Å². The highest BCUT2D eigenvalue weighted by molar-refractivity contribution is 7.90. The van der Waals surface area contributed by atoms with Crippen LogP contribution in [0.3, 0.4) is 0 Å². The topological polar surface area (TPSA) is 93.5 Å². The fourth-order valence-electron chi connectivity index (χ4n) is 2.34. The maximum absolute atomic E-state index is 12.4. The number of methoxy groups -OCH3 is 1. The predicted molar refractivity (Wildman–Crippen MR) is 81.7 cm³/mol. The van der Waals surface area contributed by atoms with Crippen molar-refractivity contribution in [1.29, 1.82) is 0 Å². The Morgan fingerprint density at radius 2 is 1.95 bits per heavy atom. The first kappa shape index (κ1) is 16.8. The van der Waals surface area contributed by atoms with Gasteiger partial charge in [0, 0.05) is 26.2 Å². The number of hydrogen-bond acceptors (Lipinski definition) is 5. The fourth-order valence-corrected chi connectivity index (χ4v) is 3.50. The minimum absolute atomic E-state index is 0.104. The maximum atomic E-state index is 12.4. The normalized spacial score (nSPS) is 18.9. The Kier molecular flexibility index (Phi) is 4.48. The van der Waals surface area contributed by atoms with Gasteiger partial charge in [0.15, 0.2) is 5.82 Å². The van der Waals surface area contributed by atoms with Gasteiger partial charge in [-0.3, -0.25) is 9.40 Å². The van der Waals surface area contributed by atoms with Gasteiger partial charge in [-0.2, -0.15) is 17.8 Å². The first-order valence-electron chi connectivity index (χ1n) is 7.05. The van der Waals surface area contributed by atoms with Crippen LogP contribution in [0.5, 0.6) is 0 Å². The molecule has 1 aliphatic heterocycles. The third kappa shape index (κ3) is 3.58. The second-order valence-electron chi connectivity index (χ2n) is 6.20. The number of carbonyl (C=O) groups excluding carboxylic acids is 1. The van der Waals surface area contributed by atoms with Gasteiger partial charge < -0.3 is 4.74 Å². The number of piperidine rings is 1. The molecule has 2 heterocycles. The molecule has 22 heavy (non-hydrogen) atoms. The van der Waals surface area contributed by atoms with Crippen molar-refractivity contribution in [3.05, 3.63) is 11.8 Å². The van der Waals surface area contributed by atoms with Crippen LogP contribution >= 0.6 is 0 Å². The number of carbonyl (C=O) groups is 1. The van der Waals surface area contributed by atoms with Crippen LogP contribution in [-0.4, -0.2) is 48.7 Å². The zero-order valence-corrected chi connectivity index (χ0v) is 14.1. The zero-order chi connectivity index (χ0) is 16.5. The summed E-state index contributed by atoms with van der Waals surface area (Å²) in [6, 6.07) is 1.36. The molecule has 0 saturated carbocycles. The second kappa shape index (κ2) is 5.88. The summed E-state index contributed by atoms with van der Waals surface area (Å²) in [5, 5.41) is 3.99. The highest BCUT2D eigenvalue weighted by atomic mass is 32.2. The van der Waals surface area contributed by atoms with Crippen LogP contribution in [-0.2, 0) is 22.0 Å². The van der Waals surface area contributed by atoms with Crippen LogP contribution in [0.2, 0.25) is 0 Å². The van der Waals surface area contributed by atoms with Gasteiger partial charge >= 0.3 is 16.2 Å². The summed E-state index contributed by atoms with van der Waals surface area (Å²) in [5.41, 5.74) is 0.342. The summed E-state index contributed by atoms with van der Waals surface area (Å²) < 4.78 is 34.5. The molecule has 8 nitrogen and oxygen atoms in total. The van der Waals surface area contributed by atoms with E-state index < -0.39 is 16.2 Å². The number of hydrogen-bond donors (Lipinski definition) is 1. The molecule has 0 aromatic carbocycles. The molecule has 1 fully saturated rings.